The molecule has 2 fully saturated rings. The van der Waals surface area contributed by atoms with Gasteiger partial charge >= 0.3 is 0 Å². The summed E-state index contributed by atoms with van der Waals surface area (Å²) in [4.78, 5) is 31.4. The molecule has 0 radical (unpaired) electrons. The Morgan fingerprint density at radius 3 is 2.36 bits per heavy atom. The molecule has 1 aliphatic carbocycles. The van der Waals surface area contributed by atoms with Crippen molar-refractivity contribution >= 4 is 17.5 Å². The van der Waals surface area contributed by atoms with Crippen molar-refractivity contribution in [2.75, 3.05) is 45.2 Å². The van der Waals surface area contributed by atoms with Gasteiger partial charge in [-0.2, -0.15) is 0 Å². The van der Waals surface area contributed by atoms with Crippen LogP contribution < -0.4 is 4.90 Å². The highest BCUT2D eigenvalue weighted by Gasteiger charge is 2.29. The number of benzene rings is 1. The summed E-state index contributed by atoms with van der Waals surface area (Å²) >= 11 is 0. The number of carbonyl (C=O) groups is 2. The van der Waals surface area contributed by atoms with Gasteiger partial charge in [0.15, 0.2) is 0 Å². The number of carbonyl (C=O) groups excluding carboxylic acids is 2. The average molecular weight is 343 g/mol. The molecule has 1 aromatic rings. The average Bonchev–Trinajstić information content (AvgIpc) is 3.05. The molecule has 5 nitrogen and oxygen atoms in total. The maximum atomic E-state index is 12.9. The van der Waals surface area contributed by atoms with E-state index in [2.05, 4.69) is 0 Å². The SMILES string of the molecule is CN(C)c1cccc(C(=O)N2CCCN(C(=O)C3CCCC3)CC2)c1. The number of rotatable bonds is 3. The number of hydrogen-bond donors (Lipinski definition) is 0. The third-order valence-electron chi connectivity index (χ3n) is 5.41. The van der Waals surface area contributed by atoms with Crippen LogP contribution in [0.25, 0.3) is 0 Å². The van der Waals surface area contributed by atoms with Crippen LogP contribution in [0.4, 0.5) is 5.69 Å². The summed E-state index contributed by atoms with van der Waals surface area (Å²) in [5.74, 6) is 0.597. The quantitative estimate of drug-likeness (QED) is 0.847. The van der Waals surface area contributed by atoms with Gasteiger partial charge in [0, 0.05) is 57.4 Å². The van der Waals surface area contributed by atoms with Gasteiger partial charge < -0.3 is 14.7 Å². The molecule has 3 rings (SSSR count). The van der Waals surface area contributed by atoms with Crippen LogP contribution in [0.2, 0.25) is 0 Å². The Bertz CT molecular complexity index is 623. The predicted octanol–water partition coefficient (Wildman–Crippen LogP) is 2.62. The van der Waals surface area contributed by atoms with Crippen LogP contribution in [0.1, 0.15) is 42.5 Å². The smallest absolute Gasteiger partial charge is 0.253 e. The molecule has 0 N–H and O–H groups in total. The molecule has 0 atom stereocenters. The maximum absolute atomic E-state index is 12.9. The van der Waals surface area contributed by atoms with Gasteiger partial charge in [0.2, 0.25) is 5.91 Å². The molecule has 2 aliphatic rings. The van der Waals surface area contributed by atoms with Crippen molar-refractivity contribution < 1.29 is 9.59 Å². The molecule has 25 heavy (non-hydrogen) atoms. The summed E-state index contributed by atoms with van der Waals surface area (Å²) in [5, 5.41) is 0. The second-order valence-corrected chi connectivity index (χ2v) is 7.40. The Labute approximate surface area is 150 Å². The van der Waals surface area contributed by atoms with E-state index in [4.69, 9.17) is 0 Å². The third kappa shape index (κ3) is 4.14. The van der Waals surface area contributed by atoms with Gasteiger partial charge in [-0.1, -0.05) is 18.9 Å². The third-order valence-corrected chi connectivity index (χ3v) is 5.41. The van der Waals surface area contributed by atoms with Crippen molar-refractivity contribution in [3.05, 3.63) is 29.8 Å². The first-order valence-corrected chi connectivity index (χ1v) is 9.41. The highest BCUT2D eigenvalue weighted by atomic mass is 16.2. The zero-order chi connectivity index (χ0) is 17.8. The van der Waals surface area contributed by atoms with Gasteiger partial charge in [0.25, 0.3) is 5.91 Å². The molecule has 5 heteroatoms. The highest BCUT2D eigenvalue weighted by Crippen LogP contribution is 2.27. The standard InChI is InChI=1S/C20H29N3O2/c1-21(2)18-10-5-9-17(15-18)20(25)23-12-6-11-22(13-14-23)19(24)16-7-3-4-8-16/h5,9-10,15-16H,3-4,6-8,11-14H2,1-2H3. The van der Waals surface area contributed by atoms with E-state index in [0.717, 1.165) is 43.6 Å². The zero-order valence-corrected chi connectivity index (χ0v) is 15.4. The molecular weight excluding hydrogens is 314 g/mol. The van der Waals surface area contributed by atoms with Gasteiger partial charge in [-0.05, 0) is 37.5 Å². The number of hydrogen-bond acceptors (Lipinski definition) is 3. The van der Waals surface area contributed by atoms with Crippen molar-refractivity contribution in [1.82, 2.24) is 9.80 Å². The molecular formula is C20H29N3O2. The van der Waals surface area contributed by atoms with Crippen molar-refractivity contribution in [3.63, 3.8) is 0 Å². The van der Waals surface area contributed by atoms with E-state index in [0.29, 0.717) is 19.0 Å². The van der Waals surface area contributed by atoms with E-state index < -0.39 is 0 Å². The molecule has 2 amide bonds. The Kier molecular flexibility index (Phi) is 5.61. The fourth-order valence-electron chi connectivity index (χ4n) is 3.87. The topological polar surface area (TPSA) is 43.9 Å². The van der Waals surface area contributed by atoms with E-state index in [-0.39, 0.29) is 11.8 Å². The minimum atomic E-state index is 0.0684. The maximum Gasteiger partial charge on any atom is 0.253 e. The van der Waals surface area contributed by atoms with Gasteiger partial charge in [0.1, 0.15) is 0 Å². The van der Waals surface area contributed by atoms with Crippen LogP contribution in [-0.2, 0) is 4.79 Å². The van der Waals surface area contributed by atoms with E-state index in [1.165, 1.54) is 12.8 Å². The lowest BCUT2D eigenvalue weighted by Gasteiger charge is -2.24. The number of anilines is 1. The lowest BCUT2D eigenvalue weighted by atomic mass is 10.1. The zero-order valence-electron chi connectivity index (χ0n) is 15.4. The first-order chi connectivity index (χ1) is 12.1. The minimum Gasteiger partial charge on any atom is -0.378 e. The molecule has 1 heterocycles. The summed E-state index contributed by atoms with van der Waals surface area (Å²) in [6.07, 6.45) is 5.29. The van der Waals surface area contributed by atoms with Crippen LogP contribution >= 0.6 is 0 Å². The second-order valence-electron chi connectivity index (χ2n) is 7.40. The number of amides is 2. The normalized spacial score (nSPS) is 19.0. The Morgan fingerprint density at radius 2 is 1.64 bits per heavy atom. The minimum absolute atomic E-state index is 0.0684. The summed E-state index contributed by atoms with van der Waals surface area (Å²) in [7, 11) is 3.95. The molecule has 136 valence electrons. The number of nitrogens with zero attached hydrogens (tertiary/aromatic N) is 3. The Hall–Kier alpha value is -2.04. The summed E-state index contributed by atoms with van der Waals surface area (Å²) in [5.41, 5.74) is 1.75. The molecule has 1 saturated heterocycles. The van der Waals surface area contributed by atoms with Gasteiger partial charge in [-0.25, -0.2) is 0 Å². The van der Waals surface area contributed by atoms with Crippen LogP contribution in [-0.4, -0.2) is 61.9 Å². The van der Waals surface area contributed by atoms with Crippen LogP contribution in [0, 0.1) is 5.92 Å². The summed E-state index contributed by atoms with van der Waals surface area (Å²) < 4.78 is 0. The fourth-order valence-corrected chi connectivity index (χ4v) is 3.87. The van der Waals surface area contributed by atoms with E-state index in [1.54, 1.807) is 0 Å². The van der Waals surface area contributed by atoms with Crippen molar-refractivity contribution in [3.8, 4) is 0 Å². The Balaban J connectivity index is 1.63. The summed E-state index contributed by atoms with van der Waals surface area (Å²) in [6, 6.07) is 7.74. The first-order valence-electron chi connectivity index (χ1n) is 9.41. The second kappa shape index (κ2) is 7.89. The molecule has 1 aliphatic heterocycles. The monoisotopic (exact) mass is 343 g/mol. The molecule has 1 aromatic carbocycles. The summed E-state index contributed by atoms with van der Waals surface area (Å²) in [6.45, 7) is 2.79. The molecule has 0 bridgehead atoms. The van der Waals surface area contributed by atoms with E-state index in [9.17, 15) is 9.59 Å². The van der Waals surface area contributed by atoms with Crippen LogP contribution in [0.15, 0.2) is 24.3 Å². The van der Waals surface area contributed by atoms with Crippen molar-refractivity contribution in [1.29, 1.82) is 0 Å². The lowest BCUT2D eigenvalue weighted by Crippen LogP contribution is -2.39. The molecule has 0 unspecified atom stereocenters. The molecule has 0 aromatic heterocycles. The fraction of sp³-hybridized carbons (Fsp3) is 0.600. The van der Waals surface area contributed by atoms with E-state index in [1.807, 2.05) is 53.1 Å². The van der Waals surface area contributed by atoms with Crippen LogP contribution in [0.5, 0.6) is 0 Å². The first kappa shape index (κ1) is 17.8. The largest absolute Gasteiger partial charge is 0.378 e. The molecule has 1 saturated carbocycles. The van der Waals surface area contributed by atoms with Crippen LogP contribution in [0.3, 0.4) is 0 Å². The lowest BCUT2D eigenvalue weighted by molar-refractivity contribution is -0.135. The molecule has 0 spiro atoms. The van der Waals surface area contributed by atoms with Gasteiger partial charge in [0.05, 0.1) is 0 Å². The van der Waals surface area contributed by atoms with Gasteiger partial charge in [-0.15, -0.1) is 0 Å². The van der Waals surface area contributed by atoms with Crippen molar-refractivity contribution in [2.24, 2.45) is 5.92 Å². The Morgan fingerprint density at radius 1 is 0.960 bits per heavy atom. The van der Waals surface area contributed by atoms with E-state index >= 15 is 0 Å². The predicted molar refractivity (Wildman–Crippen MR) is 99.8 cm³/mol. The van der Waals surface area contributed by atoms with Crippen molar-refractivity contribution in [2.45, 2.75) is 32.1 Å². The van der Waals surface area contributed by atoms with Gasteiger partial charge in [-0.3, -0.25) is 9.59 Å². The highest BCUT2D eigenvalue weighted by molar-refractivity contribution is 5.95.